The Morgan fingerprint density at radius 1 is 1.22 bits per heavy atom. The third-order valence-corrected chi connectivity index (χ3v) is 5.26. The van der Waals surface area contributed by atoms with E-state index >= 15 is 0 Å². The Bertz CT molecular complexity index is 927. The summed E-state index contributed by atoms with van der Waals surface area (Å²) in [6.45, 7) is 2.55. The van der Waals surface area contributed by atoms with Gasteiger partial charge >= 0.3 is 0 Å². The van der Waals surface area contributed by atoms with E-state index < -0.39 is 4.92 Å². The molecule has 0 radical (unpaired) electrons. The molecule has 27 heavy (non-hydrogen) atoms. The molecule has 7 heteroatoms. The summed E-state index contributed by atoms with van der Waals surface area (Å²) in [4.78, 5) is 31.0. The second-order valence-electron chi connectivity index (χ2n) is 6.12. The van der Waals surface area contributed by atoms with Crippen LogP contribution in [0.1, 0.15) is 26.4 Å². The van der Waals surface area contributed by atoms with Gasteiger partial charge < -0.3 is 4.90 Å². The topological polar surface area (TPSA) is 76.3 Å². The number of pyridine rings is 1. The lowest BCUT2D eigenvalue weighted by molar-refractivity contribution is -0.385. The molecule has 0 saturated heterocycles. The average molecular weight is 381 g/mol. The monoisotopic (exact) mass is 381 g/mol. The lowest BCUT2D eigenvalue weighted by atomic mass is 10.0. The predicted octanol–water partition coefficient (Wildman–Crippen LogP) is 4.24. The van der Waals surface area contributed by atoms with Crippen molar-refractivity contribution >= 4 is 22.9 Å². The van der Waals surface area contributed by atoms with E-state index in [-0.39, 0.29) is 11.6 Å². The molecule has 2 aromatic heterocycles. The Morgan fingerprint density at radius 3 is 2.74 bits per heavy atom. The van der Waals surface area contributed by atoms with Gasteiger partial charge in [-0.3, -0.25) is 19.9 Å². The molecule has 0 bridgehead atoms. The first-order valence-corrected chi connectivity index (χ1v) is 9.39. The molecule has 0 fully saturated rings. The molecule has 138 valence electrons. The quantitative estimate of drug-likeness (QED) is 0.453. The zero-order valence-corrected chi connectivity index (χ0v) is 15.7. The summed E-state index contributed by atoms with van der Waals surface area (Å²) in [6.07, 6.45) is 4.15. The molecule has 0 aliphatic heterocycles. The van der Waals surface area contributed by atoms with Gasteiger partial charge in [0.15, 0.2) is 0 Å². The summed E-state index contributed by atoms with van der Waals surface area (Å²) in [6, 6.07) is 12.4. The van der Waals surface area contributed by atoms with Crippen LogP contribution in [-0.4, -0.2) is 27.3 Å². The van der Waals surface area contributed by atoms with E-state index in [9.17, 15) is 14.9 Å². The van der Waals surface area contributed by atoms with Gasteiger partial charge in [0.25, 0.3) is 11.6 Å². The summed E-state index contributed by atoms with van der Waals surface area (Å²) in [5.41, 5.74) is 1.62. The van der Waals surface area contributed by atoms with Crippen LogP contribution in [0.3, 0.4) is 0 Å². The van der Waals surface area contributed by atoms with Gasteiger partial charge in [0.1, 0.15) is 0 Å². The molecule has 0 N–H and O–H groups in total. The molecular formula is C20H19N3O3S. The number of benzene rings is 1. The van der Waals surface area contributed by atoms with Crippen molar-refractivity contribution in [3.63, 3.8) is 0 Å². The van der Waals surface area contributed by atoms with Crippen molar-refractivity contribution in [2.75, 3.05) is 6.54 Å². The number of thiophene rings is 1. The summed E-state index contributed by atoms with van der Waals surface area (Å²) in [5.74, 6) is -0.211. The minimum atomic E-state index is -0.455. The van der Waals surface area contributed by atoms with Gasteiger partial charge in [-0.2, -0.15) is 0 Å². The van der Waals surface area contributed by atoms with Gasteiger partial charge in [-0.15, -0.1) is 11.3 Å². The highest BCUT2D eigenvalue weighted by atomic mass is 32.1. The maximum absolute atomic E-state index is 13.2. The van der Waals surface area contributed by atoms with Crippen molar-refractivity contribution in [3.8, 4) is 0 Å². The van der Waals surface area contributed by atoms with Crippen molar-refractivity contribution < 1.29 is 9.72 Å². The average Bonchev–Trinajstić information content (AvgIpc) is 3.19. The highest BCUT2D eigenvalue weighted by Crippen LogP contribution is 2.23. The summed E-state index contributed by atoms with van der Waals surface area (Å²) in [7, 11) is 0. The largest absolute Gasteiger partial charge is 0.334 e. The van der Waals surface area contributed by atoms with E-state index in [1.54, 1.807) is 47.7 Å². The van der Waals surface area contributed by atoms with Crippen molar-refractivity contribution in [2.24, 2.45) is 0 Å². The first kappa shape index (κ1) is 18.7. The molecule has 0 saturated carbocycles. The Labute approximate surface area is 161 Å². The van der Waals surface area contributed by atoms with Crippen LogP contribution in [0.5, 0.6) is 0 Å². The fourth-order valence-corrected chi connectivity index (χ4v) is 3.59. The Kier molecular flexibility index (Phi) is 5.93. The normalized spacial score (nSPS) is 10.6. The number of aromatic nitrogens is 1. The van der Waals surface area contributed by atoms with Crippen LogP contribution >= 0.6 is 11.3 Å². The van der Waals surface area contributed by atoms with Crippen molar-refractivity contribution in [1.29, 1.82) is 0 Å². The van der Waals surface area contributed by atoms with Crippen LogP contribution in [0.4, 0.5) is 5.69 Å². The first-order chi connectivity index (χ1) is 13.1. The van der Waals surface area contributed by atoms with Gasteiger partial charge in [-0.25, -0.2) is 0 Å². The lowest BCUT2D eigenvalue weighted by Crippen LogP contribution is -2.33. The minimum absolute atomic E-state index is 0.0413. The molecule has 0 aliphatic carbocycles. The SMILES string of the molecule is Cc1c(C(=O)N(CCc2cccs2)Cc2cccnc2)cccc1[N+](=O)[O-]. The Morgan fingerprint density at radius 2 is 2.07 bits per heavy atom. The number of rotatable bonds is 7. The van der Waals surface area contributed by atoms with Crippen LogP contribution < -0.4 is 0 Å². The van der Waals surface area contributed by atoms with E-state index in [2.05, 4.69) is 4.98 Å². The van der Waals surface area contributed by atoms with Gasteiger partial charge in [-0.1, -0.05) is 18.2 Å². The third kappa shape index (κ3) is 4.57. The maximum Gasteiger partial charge on any atom is 0.273 e. The van der Waals surface area contributed by atoms with E-state index in [0.29, 0.717) is 24.2 Å². The third-order valence-electron chi connectivity index (χ3n) is 4.32. The highest BCUT2D eigenvalue weighted by Gasteiger charge is 2.22. The molecule has 2 heterocycles. The van der Waals surface area contributed by atoms with Gasteiger partial charge in [0.05, 0.1) is 4.92 Å². The van der Waals surface area contributed by atoms with Crippen LogP contribution in [0.25, 0.3) is 0 Å². The van der Waals surface area contributed by atoms with Gasteiger partial charge in [0.2, 0.25) is 0 Å². The lowest BCUT2D eigenvalue weighted by Gasteiger charge is -2.23. The summed E-state index contributed by atoms with van der Waals surface area (Å²) < 4.78 is 0. The van der Waals surface area contributed by atoms with Crippen molar-refractivity contribution in [1.82, 2.24) is 9.88 Å². The molecule has 1 aromatic carbocycles. The van der Waals surface area contributed by atoms with Gasteiger partial charge in [-0.05, 0) is 42.5 Å². The van der Waals surface area contributed by atoms with E-state index in [4.69, 9.17) is 0 Å². The molecule has 3 aromatic rings. The van der Waals surface area contributed by atoms with E-state index in [0.717, 1.165) is 12.0 Å². The number of carbonyl (C=O) groups is 1. The maximum atomic E-state index is 13.2. The number of nitrogens with zero attached hydrogens (tertiary/aromatic N) is 3. The van der Waals surface area contributed by atoms with Crippen LogP contribution in [0.2, 0.25) is 0 Å². The fraction of sp³-hybridized carbons (Fsp3) is 0.200. The molecular weight excluding hydrogens is 362 g/mol. The molecule has 6 nitrogen and oxygen atoms in total. The first-order valence-electron chi connectivity index (χ1n) is 8.51. The minimum Gasteiger partial charge on any atom is -0.334 e. The van der Waals surface area contributed by atoms with Gasteiger partial charge in [0, 0.05) is 47.6 Å². The van der Waals surface area contributed by atoms with Crippen LogP contribution in [-0.2, 0) is 13.0 Å². The highest BCUT2D eigenvalue weighted by molar-refractivity contribution is 7.09. The second-order valence-corrected chi connectivity index (χ2v) is 7.16. The smallest absolute Gasteiger partial charge is 0.273 e. The number of nitro groups is 1. The number of amides is 1. The second kappa shape index (κ2) is 8.55. The predicted molar refractivity (Wildman–Crippen MR) is 105 cm³/mol. The number of hydrogen-bond acceptors (Lipinski definition) is 5. The molecule has 3 rings (SSSR count). The van der Waals surface area contributed by atoms with Crippen molar-refractivity contribution in [2.45, 2.75) is 19.9 Å². The molecule has 0 atom stereocenters. The van der Waals surface area contributed by atoms with Crippen LogP contribution in [0.15, 0.2) is 60.2 Å². The Hall–Kier alpha value is -3.06. The number of nitro benzene ring substituents is 1. The number of carbonyl (C=O) groups excluding carboxylic acids is 1. The Balaban J connectivity index is 1.88. The van der Waals surface area contributed by atoms with E-state index in [1.807, 2.05) is 29.6 Å². The number of hydrogen-bond donors (Lipinski definition) is 0. The summed E-state index contributed by atoms with van der Waals surface area (Å²) >= 11 is 1.65. The molecule has 1 amide bonds. The van der Waals surface area contributed by atoms with E-state index in [1.165, 1.54) is 10.9 Å². The molecule has 0 aliphatic rings. The fourth-order valence-electron chi connectivity index (χ4n) is 2.89. The molecule has 0 unspecified atom stereocenters. The van der Waals surface area contributed by atoms with Crippen molar-refractivity contribution in [3.05, 3.63) is 91.9 Å². The summed E-state index contributed by atoms with van der Waals surface area (Å²) in [5, 5.41) is 13.2. The zero-order chi connectivity index (χ0) is 19.2. The molecule has 0 spiro atoms. The zero-order valence-electron chi connectivity index (χ0n) is 14.9. The van der Waals surface area contributed by atoms with Crippen LogP contribution in [0, 0.1) is 17.0 Å². The standard InChI is InChI=1S/C20H19N3O3S/c1-15-18(7-2-8-19(15)23(25)26)20(24)22(11-9-17-6-4-12-27-17)14-16-5-3-10-21-13-16/h2-8,10,12-13H,9,11,14H2,1H3.